The second-order valence-electron chi connectivity index (χ2n) is 9.30. The minimum Gasteiger partial charge on any atom is -0.405 e. The average molecular weight is 508 g/mol. The summed E-state index contributed by atoms with van der Waals surface area (Å²) in [5.41, 5.74) is 2.31. The van der Waals surface area contributed by atoms with Crippen LogP contribution in [0.3, 0.4) is 0 Å². The van der Waals surface area contributed by atoms with E-state index in [1.165, 1.54) is 18.2 Å². The molecule has 1 saturated carbocycles. The number of anilines is 1. The maximum absolute atomic E-state index is 15.1. The summed E-state index contributed by atoms with van der Waals surface area (Å²) in [5, 5.41) is 4.00. The first kappa shape index (κ1) is 24.5. The molecule has 1 saturated heterocycles. The minimum absolute atomic E-state index is 0.0458. The summed E-state index contributed by atoms with van der Waals surface area (Å²) in [6.07, 6.45) is -4.51. The number of benzene rings is 2. The second kappa shape index (κ2) is 9.38. The van der Waals surface area contributed by atoms with Crippen LogP contribution < -0.4 is 9.64 Å². The normalized spacial score (nSPS) is 19.9. The predicted molar refractivity (Wildman–Crippen MR) is 122 cm³/mol. The molecule has 0 amide bonds. The lowest BCUT2D eigenvalue weighted by Crippen LogP contribution is -2.52. The Kier molecular flexibility index (Phi) is 6.40. The fourth-order valence-corrected chi connectivity index (χ4v) is 4.50. The van der Waals surface area contributed by atoms with Crippen LogP contribution in [-0.4, -0.2) is 36.6 Å². The Hall–Kier alpha value is -3.14. The summed E-state index contributed by atoms with van der Waals surface area (Å²) in [4.78, 5) is 1.63. The van der Waals surface area contributed by atoms with Crippen molar-refractivity contribution in [1.29, 1.82) is 0 Å². The van der Waals surface area contributed by atoms with E-state index in [1.54, 1.807) is 11.0 Å². The Labute approximate surface area is 204 Å². The molecule has 0 spiro atoms. The van der Waals surface area contributed by atoms with Crippen molar-refractivity contribution in [2.45, 2.75) is 57.1 Å². The number of aromatic nitrogens is 1. The number of halogens is 5. The molecule has 0 N–H and O–H groups in total. The van der Waals surface area contributed by atoms with Crippen LogP contribution in [0.4, 0.5) is 27.6 Å². The summed E-state index contributed by atoms with van der Waals surface area (Å²) in [6, 6.07) is 12.9. The number of nitrogens with zero attached hydrogens (tertiary/aromatic N) is 2. The molecule has 0 radical (unpaired) electrons. The molecular weight excluding hydrogens is 483 g/mol. The van der Waals surface area contributed by atoms with Crippen molar-refractivity contribution in [3.8, 4) is 17.0 Å². The molecule has 2 fully saturated rings. The van der Waals surface area contributed by atoms with E-state index in [-0.39, 0.29) is 30.2 Å². The SMILES string of the molecule is Cc1ccc(N2CCC(OCc3c(-c4ccccc4OC(F)(F)F)noc3C3CC3)C(F)(F)C2)cc1. The largest absolute Gasteiger partial charge is 0.573 e. The molecule has 5 rings (SSSR count). The summed E-state index contributed by atoms with van der Waals surface area (Å²) in [7, 11) is 0. The van der Waals surface area contributed by atoms with Crippen molar-refractivity contribution in [2.75, 3.05) is 18.0 Å². The Bertz CT molecular complexity index is 1210. The highest BCUT2D eigenvalue weighted by Gasteiger charge is 2.46. The van der Waals surface area contributed by atoms with Crippen LogP contribution in [0.15, 0.2) is 53.1 Å². The van der Waals surface area contributed by atoms with Gasteiger partial charge >= 0.3 is 6.36 Å². The molecular formula is C26H25F5N2O3. The third-order valence-corrected chi connectivity index (χ3v) is 6.50. The van der Waals surface area contributed by atoms with E-state index >= 15 is 8.78 Å². The zero-order chi connectivity index (χ0) is 25.5. The lowest BCUT2D eigenvalue weighted by atomic mass is 10.0. The van der Waals surface area contributed by atoms with E-state index in [0.717, 1.165) is 24.1 Å². The molecule has 192 valence electrons. The second-order valence-corrected chi connectivity index (χ2v) is 9.30. The minimum atomic E-state index is -4.90. The highest BCUT2D eigenvalue weighted by molar-refractivity contribution is 5.70. The first-order valence-electron chi connectivity index (χ1n) is 11.8. The van der Waals surface area contributed by atoms with E-state index in [1.807, 2.05) is 31.2 Å². The first-order chi connectivity index (χ1) is 17.1. The maximum atomic E-state index is 15.1. The standard InChI is InChI=1S/C26H25F5N2O3/c1-16-6-10-18(11-7-16)33-13-12-22(25(27,28)15-33)34-14-20-23(32-36-24(20)17-8-9-17)19-4-2-3-5-21(19)35-26(29,30)31/h2-7,10-11,17,22H,8-9,12-15H2,1H3. The number of piperidine rings is 1. The van der Waals surface area contributed by atoms with Crippen LogP contribution in [0, 0.1) is 6.92 Å². The summed E-state index contributed by atoms with van der Waals surface area (Å²) >= 11 is 0. The maximum Gasteiger partial charge on any atom is 0.573 e. The molecule has 2 aromatic carbocycles. The van der Waals surface area contributed by atoms with Gasteiger partial charge in [-0.05, 0) is 50.5 Å². The van der Waals surface area contributed by atoms with E-state index in [4.69, 9.17) is 9.26 Å². The third kappa shape index (κ3) is 5.33. The van der Waals surface area contributed by atoms with Crippen molar-refractivity contribution in [1.82, 2.24) is 5.16 Å². The smallest absolute Gasteiger partial charge is 0.405 e. The van der Waals surface area contributed by atoms with Crippen LogP contribution in [0.5, 0.6) is 5.75 Å². The fraction of sp³-hybridized carbons (Fsp3) is 0.423. The number of hydrogen-bond donors (Lipinski definition) is 0. The molecule has 1 aliphatic heterocycles. The number of alkyl halides is 5. The van der Waals surface area contributed by atoms with Crippen LogP contribution >= 0.6 is 0 Å². The van der Waals surface area contributed by atoms with E-state index in [0.29, 0.717) is 17.9 Å². The number of para-hydroxylation sites is 1. The monoisotopic (exact) mass is 508 g/mol. The molecule has 2 heterocycles. The summed E-state index contributed by atoms with van der Waals surface area (Å²) in [5.74, 6) is -3.06. The van der Waals surface area contributed by atoms with Gasteiger partial charge in [-0.15, -0.1) is 13.2 Å². The average Bonchev–Trinajstić information content (AvgIpc) is 3.57. The van der Waals surface area contributed by atoms with E-state index < -0.39 is 30.7 Å². The number of ether oxygens (including phenoxy) is 2. The van der Waals surface area contributed by atoms with Crippen LogP contribution in [0.25, 0.3) is 11.3 Å². The van der Waals surface area contributed by atoms with Gasteiger partial charge in [-0.3, -0.25) is 0 Å². The van der Waals surface area contributed by atoms with Crippen molar-refractivity contribution >= 4 is 5.69 Å². The number of aryl methyl sites for hydroxylation is 1. The molecule has 5 nitrogen and oxygen atoms in total. The quantitative estimate of drug-likeness (QED) is 0.327. The molecule has 10 heteroatoms. The van der Waals surface area contributed by atoms with Crippen LogP contribution in [0.1, 0.15) is 42.1 Å². The predicted octanol–water partition coefficient (Wildman–Crippen LogP) is 6.86. The Morgan fingerprint density at radius 2 is 1.78 bits per heavy atom. The molecule has 2 aliphatic rings. The lowest BCUT2D eigenvalue weighted by molar-refractivity contribution is -0.274. The number of hydrogen-bond acceptors (Lipinski definition) is 5. The van der Waals surface area contributed by atoms with Gasteiger partial charge in [-0.2, -0.15) is 0 Å². The highest BCUT2D eigenvalue weighted by atomic mass is 19.4. The summed E-state index contributed by atoms with van der Waals surface area (Å²) < 4.78 is 84.4. The van der Waals surface area contributed by atoms with Gasteiger partial charge in [0.15, 0.2) is 0 Å². The molecule has 1 atom stereocenters. The third-order valence-electron chi connectivity index (χ3n) is 6.50. The zero-order valence-electron chi connectivity index (χ0n) is 19.5. The van der Waals surface area contributed by atoms with Gasteiger partial charge in [0, 0.05) is 29.3 Å². The molecule has 1 aliphatic carbocycles. The van der Waals surface area contributed by atoms with Crippen molar-refractivity contribution in [2.24, 2.45) is 0 Å². The van der Waals surface area contributed by atoms with Gasteiger partial charge in [0.2, 0.25) is 0 Å². The van der Waals surface area contributed by atoms with Crippen molar-refractivity contribution in [3.63, 3.8) is 0 Å². The molecule has 36 heavy (non-hydrogen) atoms. The number of rotatable bonds is 7. The molecule has 1 aromatic heterocycles. The van der Waals surface area contributed by atoms with Crippen molar-refractivity contribution in [3.05, 3.63) is 65.4 Å². The Balaban J connectivity index is 1.36. The fourth-order valence-electron chi connectivity index (χ4n) is 4.50. The van der Waals surface area contributed by atoms with Gasteiger partial charge in [-0.25, -0.2) is 8.78 Å². The Morgan fingerprint density at radius 1 is 1.06 bits per heavy atom. The topological polar surface area (TPSA) is 47.7 Å². The van der Waals surface area contributed by atoms with Gasteiger partial charge in [-0.1, -0.05) is 35.0 Å². The van der Waals surface area contributed by atoms with Gasteiger partial charge in [0.1, 0.15) is 23.3 Å². The van der Waals surface area contributed by atoms with E-state index in [2.05, 4.69) is 9.89 Å². The first-order valence-corrected chi connectivity index (χ1v) is 11.8. The van der Waals surface area contributed by atoms with Crippen LogP contribution in [0.2, 0.25) is 0 Å². The lowest BCUT2D eigenvalue weighted by Gasteiger charge is -2.39. The summed E-state index contributed by atoms with van der Waals surface area (Å²) in [6.45, 7) is 1.57. The van der Waals surface area contributed by atoms with Gasteiger partial charge in [0.25, 0.3) is 5.92 Å². The Morgan fingerprint density at radius 3 is 2.44 bits per heavy atom. The molecule has 1 unspecified atom stereocenters. The van der Waals surface area contributed by atoms with E-state index in [9.17, 15) is 13.2 Å². The molecule has 0 bridgehead atoms. The van der Waals surface area contributed by atoms with Gasteiger partial charge in [0.05, 0.1) is 13.2 Å². The van der Waals surface area contributed by atoms with Crippen LogP contribution in [-0.2, 0) is 11.3 Å². The highest BCUT2D eigenvalue weighted by Crippen LogP contribution is 2.46. The zero-order valence-corrected chi connectivity index (χ0v) is 19.5. The van der Waals surface area contributed by atoms with Crippen molar-refractivity contribution < 1.29 is 35.9 Å². The molecule has 3 aromatic rings. The van der Waals surface area contributed by atoms with Gasteiger partial charge < -0.3 is 18.9 Å².